The van der Waals surface area contributed by atoms with Gasteiger partial charge in [0.15, 0.2) is 0 Å². The minimum Gasteiger partial charge on any atom is -0.386 e. The normalized spacial score (nSPS) is 12.7. The first kappa shape index (κ1) is 14.0. The van der Waals surface area contributed by atoms with Crippen LogP contribution >= 0.6 is 11.6 Å². The molecule has 3 nitrogen and oxygen atoms in total. The molecule has 1 atom stereocenters. The maximum Gasteiger partial charge on any atom is 0.123 e. The first-order valence-electron chi connectivity index (χ1n) is 6.17. The van der Waals surface area contributed by atoms with Gasteiger partial charge in [0.1, 0.15) is 5.82 Å². The van der Waals surface area contributed by atoms with E-state index in [4.69, 9.17) is 11.6 Å². The highest BCUT2D eigenvalue weighted by atomic mass is 35.5. The first-order valence-corrected chi connectivity index (χ1v) is 6.55. The van der Waals surface area contributed by atoms with E-state index in [1.54, 1.807) is 4.68 Å². The molecule has 1 unspecified atom stereocenters. The van der Waals surface area contributed by atoms with Crippen molar-refractivity contribution in [1.29, 1.82) is 0 Å². The smallest absolute Gasteiger partial charge is 0.123 e. The monoisotopic (exact) mass is 282 g/mol. The molecular formula is C14H16ClFN2O. The second kappa shape index (κ2) is 5.72. The molecule has 2 rings (SSSR count). The molecule has 0 radical (unpaired) electrons. The molecule has 0 aliphatic heterocycles. The molecule has 0 spiro atoms. The van der Waals surface area contributed by atoms with Crippen LogP contribution in [0.25, 0.3) is 0 Å². The van der Waals surface area contributed by atoms with Crippen LogP contribution in [0.2, 0.25) is 5.02 Å². The molecule has 1 aromatic carbocycles. The summed E-state index contributed by atoms with van der Waals surface area (Å²) in [7, 11) is 0. The highest BCUT2D eigenvalue weighted by molar-refractivity contribution is 6.31. The van der Waals surface area contributed by atoms with E-state index < -0.39 is 6.10 Å². The lowest BCUT2D eigenvalue weighted by molar-refractivity contribution is 0.167. The summed E-state index contributed by atoms with van der Waals surface area (Å²) in [4.78, 5) is 0. The topological polar surface area (TPSA) is 38.0 Å². The van der Waals surface area contributed by atoms with Gasteiger partial charge in [-0.05, 0) is 43.7 Å². The number of nitrogens with zero attached hydrogens (tertiary/aromatic N) is 2. The summed E-state index contributed by atoms with van der Waals surface area (Å²) in [5.41, 5.74) is 2.16. The Hall–Kier alpha value is -1.39. The summed E-state index contributed by atoms with van der Waals surface area (Å²) in [6.07, 6.45) is -0.484. The molecule has 0 aliphatic carbocycles. The molecule has 0 aliphatic rings. The number of benzene rings is 1. The number of aliphatic hydroxyl groups excluding tert-OH is 1. The third kappa shape index (κ3) is 3.14. The fourth-order valence-corrected chi connectivity index (χ4v) is 2.29. The minimum absolute atomic E-state index is 0.266. The number of rotatable bonds is 4. The standard InChI is InChI=1S/C14H16ClFN2O/c1-3-18-13(6-9(2)17-18)14(19)8-10-7-11(16)4-5-12(10)15/h4-7,14,19H,3,8H2,1-2H3. The molecule has 1 heterocycles. The molecule has 0 bridgehead atoms. The molecular weight excluding hydrogens is 267 g/mol. The minimum atomic E-state index is -0.750. The Morgan fingerprint density at radius 1 is 1.42 bits per heavy atom. The Morgan fingerprint density at radius 2 is 2.16 bits per heavy atom. The van der Waals surface area contributed by atoms with Gasteiger partial charge < -0.3 is 5.11 Å². The number of hydrogen-bond acceptors (Lipinski definition) is 2. The Morgan fingerprint density at radius 3 is 2.84 bits per heavy atom. The van der Waals surface area contributed by atoms with Gasteiger partial charge in [0.2, 0.25) is 0 Å². The van der Waals surface area contributed by atoms with Gasteiger partial charge in [-0.25, -0.2) is 4.39 Å². The first-order chi connectivity index (χ1) is 9.01. The van der Waals surface area contributed by atoms with Crippen LogP contribution in [0, 0.1) is 12.7 Å². The lowest BCUT2D eigenvalue weighted by Crippen LogP contribution is -2.10. The van der Waals surface area contributed by atoms with Crippen molar-refractivity contribution in [2.24, 2.45) is 0 Å². The maximum absolute atomic E-state index is 13.2. The van der Waals surface area contributed by atoms with Crippen molar-refractivity contribution < 1.29 is 9.50 Å². The Kier molecular flexibility index (Phi) is 4.22. The van der Waals surface area contributed by atoms with E-state index in [-0.39, 0.29) is 12.2 Å². The number of aromatic nitrogens is 2. The maximum atomic E-state index is 13.2. The van der Waals surface area contributed by atoms with Crippen LogP contribution in [0.1, 0.15) is 30.0 Å². The number of aryl methyl sites for hydroxylation is 2. The van der Waals surface area contributed by atoms with Crippen molar-refractivity contribution >= 4 is 11.6 Å². The SMILES string of the molecule is CCn1nc(C)cc1C(O)Cc1cc(F)ccc1Cl. The fraction of sp³-hybridized carbons (Fsp3) is 0.357. The van der Waals surface area contributed by atoms with Gasteiger partial charge in [0, 0.05) is 18.0 Å². The van der Waals surface area contributed by atoms with Crippen molar-refractivity contribution in [1.82, 2.24) is 9.78 Å². The Bertz CT molecular complexity index is 583. The zero-order chi connectivity index (χ0) is 14.0. The zero-order valence-corrected chi connectivity index (χ0v) is 11.7. The average Bonchev–Trinajstić information content (AvgIpc) is 2.75. The van der Waals surface area contributed by atoms with Crippen LogP contribution in [0.3, 0.4) is 0 Å². The van der Waals surface area contributed by atoms with Crippen molar-refractivity contribution in [2.75, 3.05) is 0 Å². The lowest BCUT2D eigenvalue weighted by Gasteiger charge is -2.13. The summed E-state index contributed by atoms with van der Waals surface area (Å²) in [5, 5.41) is 15.0. The van der Waals surface area contributed by atoms with Crippen LogP contribution in [-0.2, 0) is 13.0 Å². The molecule has 2 aromatic rings. The molecule has 0 amide bonds. The zero-order valence-electron chi connectivity index (χ0n) is 10.9. The summed E-state index contributed by atoms with van der Waals surface area (Å²) in [6, 6.07) is 5.99. The van der Waals surface area contributed by atoms with E-state index in [1.807, 2.05) is 19.9 Å². The van der Waals surface area contributed by atoms with E-state index in [0.29, 0.717) is 17.1 Å². The quantitative estimate of drug-likeness (QED) is 0.934. The third-order valence-corrected chi connectivity index (χ3v) is 3.36. The van der Waals surface area contributed by atoms with E-state index in [2.05, 4.69) is 5.10 Å². The van der Waals surface area contributed by atoms with Gasteiger partial charge in [-0.15, -0.1) is 0 Å². The van der Waals surface area contributed by atoms with Crippen LogP contribution in [0.15, 0.2) is 24.3 Å². The van der Waals surface area contributed by atoms with Crippen LogP contribution < -0.4 is 0 Å². The molecule has 19 heavy (non-hydrogen) atoms. The molecule has 0 fully saturated rings. The predicted molar refractivity (Wildman–Crippen MR) is 72.7 cm³/mol. The Labute approximate surface area is 116 Å². The van der Waals surface area contributed by atoms with Gasteiger partial charge in [0.05, 0.1) is 17.5 Å². The molecule has 0 saturated carbocycles. The van der Waals surface area contributed by atoms with Crippen molar-refractivity contribution in [3.8, 4) is 0 Å². The molecule has 0 saturated heterocycles. The Balaban J connectivity index is 2.25. The second-order valence-electron chi connectivity index (χ2n) is 4.48. The number of halogens is 2. The van der Waals surface area contributed by atoms with E-state index in [9.17, 15) is 9.50 Å². The van der Waals surface area contributed by atoms with Gasteiger partial charge in [-0.2, -0.15) is 5.10 Å². The van der Waals surface area contributed by atoms with Crippen LogP contribution in [-0.4, -0.2) is 14.9 Å². The van der Waals surface area contributed by atoms with E-state index in [0.717, 1.165) is 11.4 Å². The molecule has 1 N–H and O–H groups in total. The fourth-order valence-electron chi connectivity index (χ4n) is 2.10. The van der Waals surface area contributed by atoms with Gasteiger partial charge in [-0.1, -0.05) is 11.6 Å². The van der Waals surface area contributed by atoms with Crippen molar-refractivity contribution in [2.45, 2.75) is 32.9 Å². The summed E-state index contributed by atoms with van der Waals surface area (Å²) >= 11 is 6.01. The lowest BCUT2D eigenvalue weighted by atomic mass is 10.1. The largest absolute Gasteiger partial charge is 0.386 e. The summed E-state index contributed by atoms with van der Waals surface area (Å²) in [6.45, 7) is 4.51. The van der Waals surface area contributed by atoms with Gasteiger partial charge >= 0.3 is 0 Å². The molecule has 1 aromatic heterocycles. The molecule has 5 heteroatoms. The average molecular weight is 283 g/mol. The summed E-state index contributed by atoms with van der Waals surface area (Å²) < 4.78 is 14.9. The highest BCUT2D eigenvalue weighted by Gasteiger charge is 2.16. The summed E-state index contributed by atoms with van der Waals surface area (Å²) in [5.74, 6) is -0.355. The van der Waals surface area contributed by atoms with Gasteiger partial charge in [-0.3, -0.25) is 4.68 Å². The van der Waals surface area contributed by atoms with Crippen LogP contribution in [0.4, 0.5) is 4.39 Å². The van der Waals surface area contributed by atoms with Gasteiger partial charge in [0.25, 0.3) is 0 Å². The van der Waals surface area contributed by atoms with Crippen LogP contribution in [0.5, 0.6) is 0 Å². The third-order valence-electron chi connectivity index (χ3n) is 3.00. The molecule has 102 valence electrons. The van der Waals surface area contributed by atoms with Crippen molar-refractivity contribution in [3.63, 3.8) is 0 Å². The number of hydrogen-bond donors (Lipinski definition) is 1. The number of aliphatic hydroxyl groups is 1. The van der Waals surface area contributed by atoms with E-state index >= 15 is 0 Å². The highest BCUT2D eigenvalue weighted by Crippen LogP contribution is 2.24. The van der Waals surface area contributed by atoms with Crippen molar-refractivity contribution in [3.05, 3.63) is 52.1 Å². The second-order valence-corrected chi connectivity index (χ2v) is 4.89. The predicted octanol–water partition coefficient (Wildman–Crippen LogP) is 3.28. The van der Waals surface area contributed by atoms with E-state index in [1.165, 1.54) is 18.2 Å².